The fourth-order valence-electron chi connectivity index (χ4n) is 2.08. The normalized spacial score (nSPS) is 13.4. The van der Waals surface area contributed by atoms with Gasteiger partial charge in [-0.25, -0.2) is 4.98 Å². The van der Waals surface area contributed by atoms with Gasteiger partial charge >= 0.3 is 0 Å². The van der Waals surface area contributed by atoms with E-state index in [2.05, 4.69) is 15.3 Å². The van der Waals surface area contributed by atoms with Crippen molar-refractivity contribution in [2.24, 2.45) is 0 Å². The van der Waals surface area contributed by atoms with Gasteiger partial charge in [0.05, 0.1) is 17.8 Å². The summed E-state index contributed by atoms with van der Waals surface area (Å²) in [5.41, 5.74) is 1.02. The van der Waals surface area contributed by atoms with Crippen LogP contribution in [-0.4, -0.2) is 27.0 Å². The van der Waals surface area contributed by atoms with Crippen molar-refractivity contribution in [1.29, 1.82) is 0 Å². The van der Waals surface area contributed by atoms with Crippen LogP contribution in [0.2, 0.25) is 5.02 Å². The highest BCUT2D eigenvalue weighted by molar-refractivity contribution is 6.30. The third kappa shape index (κ3) is 3.97. The fourth-order valence-corrected chi connectivity index (χ4v) is 2.20. The summed E-state index contributed by atoms with van der Waals surface area (Å²) < 4.78 is 0. The molecule has 122 valence electrons. The van der Waals surface area contributed by atoms with Crippen LogP contribution in [0.1, 0.15) is 40.5 Å². The van der Waals surface area contributed by atoms with E-state index in [1.54, 1.807) is 45.0 Å². The number of hydrogen-bond donors (Lipinski definition) is 3. The lowest BCUT2D eigenvalue weighted by Crippen LogP contribution is -2.40. The third-order valence-electron chi connectivity index (χ3n) is 3.60. The van der Waals surface area contributed by atoms with E-state index in [-0.39, 0.29) is 5.69 Å². The Balaban J connectivity index is 2.15. The number of nitrogens with zero attached hydrogens (tertiary/aromatic N) is 1. The van der Waals surface area contributed by atoms with E-state index in [1.807, 2.05) is 0 Å². The molecule has 1 aromatic heterocycles. The van der Waals surface area contributed by atoms with Gasteiger partial charge in [0.15, 0.2) is 5.69 Å². The molecule has 2 rings (SSSR count). The van der Waals surface area contributed by atoms with Crippen LogP contribution in [0.3, 0.4) is 0 Å². The number of carbonyl (C=O) groups is 1. The number of hydrogen-bond acceptors (Lipinski definition) is 4. The van der Waals surface area contributed by atoms with Crippen LogP contribution in [0.15, 0.2) is 29.1 Å². The molecule has 0 radical (unpaired) electrons. The Labute approximate surface area is 138 Å². The Morgan fingerprint density at radius 2 is 1.91 bits per heavy atom. The van der Waals surface area contributed by atoms with Gasteiger partial charge in [0.1, 0.15) is 0 Å². The monoisotopic (exact) mass is 335 g/mol. The number of aryl methyl sites for hydroxylation is 2. The predicted molar refractivity (Wildman–Crippen MR) is 87.7 cm³/mol. The second kappa shape index (κ2) is 6.93. The van der Waals surface area contributed by atoms with Gasteiger partial charge in [0.25, 0.3) is 11.5 Å². The number of nitrogens with one attached hydrogen (secondary N) is 2. The van der Waals surface area contributed by atoms with Gasteiger partial charge in [-0.2, -0.15) is 0 Å². The van der Waals surface area contributed by atoms with Crippen molar-refractivity contribution in [3.05, 3.63) is 62.3 Å². The molecule has 6 nitrogen and oxygen atoms in total. The van der Waals surface area contributed by atoms with E-state index in [0.29, 0.717) is 22.0 Å². The van der Waals surface area contributed by atoms with Crippen LogP contribution < -0.4 is 10.9 Å². The standard InChI is InChI=1S/C16H18ClN3O3/c1-8-9(2)19-15(22)13(18-8)16(23)20-10(3)14(21)11-4-6-12(17)7-5-11/h4-7,10,14,21H,1-3H3,(H,19,22)(H,20,23). The number of amides is 1. The highest BCUT2D eigenvalue weighted by atomic mass is 35.5. The van der Waals surface area contributed by atoms with Crippen molar-refractivity contribution in [2.75, 3.05) is 0 Å². The van der Waals surface area contributed by atoms with E-state index in [0.717, 1.165) is 0 Å². The largest absolute Gasteiger partial charge is 0.386 e. The van der Waals surface area contributed by atoms with Crippen LogP contribution >= 0.6 is 11.6 Å². The average Bonchev–Trinajstić information content (AvgIpc) is 2.50. The Hall–Kier alpha value is -2.18. The van der Waals surface area contributed by atoms with Gasteiger partial charge in [0, 0.05) is 10.7 Å². The van der Waals surface area contributed by atoms with Gasteiger partial charge in [-0.05, 0) is 38.5 Å². The average molecular weight is 336 g/mol. The molecule has 2 atom stereocenters. The minimum Gasteiger partial charge on any atom is -0.386 e. The van der Waals surface area contributed by atoms with E-state index < -0.39 is 23.6 Å². The number of halogens is 1. The number of rotatable bonds is 4. The third-order valence-corrected chi connectivity index (χ3v) is 3.85. The van der Waals surface area contributed by atoms with E-state index in [1.165, 1.54) is 0 Å². The molecule has 2 aromatic rings. The summed E-state index contributed by atoms with van der Waals surface area (Å²) in [6.07, 6.45) is -0.929. The zero-order chi connectivity index (χ0) is 17.1. The number of H-pyrrole nitrogens is 1. The van der Waals surface area contributed by atoms with Crippen molar-refractivity contribution in [2.45, 2.75) is 32.9 Å². The van der Waals surface area contributed by atoms with Crippen LogP contribution in [0, 0.1) is 13.8 Å². The molecule has 1 amide bonds. The molecule has 0 spiro atoms. The van der Waals surface area contributed by atoms with Gasteiger partial charge in [0.2, 0.25) is 0 Å². The number of aromatic amines is 1. The maximum atomic E-state index is 12.2. The van der Waals surface area contributed by atoms with Crippen LogP contribution in [-0.2, 0) is 0 Å². The summed E-state index contributed by atoms with van der Waals surface area (Å²) in [5.74, 6) is -0.630. The molecule has 2 unspecified atom stereocenters. The summed E-state index contributed by atoms with van der Waals surface area (Å²) >= 11 is 5.81. The summed E-state index contributed by atoms with van der Waals surface area (Å²) in [6, 6.07) is 6.06. The molecule has 0 aliphatic carbocycles. The molecule has 1 aromatic carbocycles. The maximum absolute atomic E-state index is 12.2. The molecular formula is C16H18ClN3O3. The number of aromatic nitrogens is 2. The lowest BCUT2D eigenvalue weighted by molar-refractivity contribution is 0.0845. The summed E-state index contributed by atoms with van der Waals surface area (Å²) in [6.45, 7) is 5.05. The van der Waals surface area contributed by atoms with E-state index in [4.69, 9.17) is 11.6 Å². The number of aliphatic hydroxyl groups excluding tert-OH is 1. The molecule has 7 heteroatoms. The molecule has 0 aliphatic rings. The highest BCUT2D eigenvalue weighted by Gasteiger charge is 2.21. The van der Waals surface area contributed by atoms with Crippen molar-refractivity contribution in [1.82, 2.24) is 15.3 Å². The summed E-state index contributed by atoms with van der Waals surface area (Å²) in [5, 5.41) is 13.4. The van der Waals surface area contributed by atoms with Crippen LogP contribution in [0.25, 0.3) is 0 Å². The molecule has 1 heterocycles. The molecule has 0 bridgehead atoms. The van der Waals surface area contributed by atoms with Gasteiger partial charge in [-0.15, -0.1) is 0 Å². The van der Waals surface area contributed by atoms with Gasteiger partial charge < -0.3 is 15.4 Å². The molecular weight excluding hydrogens is 318 g/mol. The quantitative estimate of drug-likeness (QED) is 0.795. The lowest BCUT2D eigenvalue weighted by Gasteiger charge is -2.20. The number of carbonyl (C=O) groups excluding carboxylic acids is 1. The van der Waals surface area contributed by atoms with Crippen molar-refractivity contribution in [3.63, 3.8) is 0 Å². The Morgan fingerprint density at radius 1 is 1.30 bits per heavy atom. The fraction of sp³-hybridized carbons (Fsp3) is 0.312. The maximum Gasteiger partial charge on any atom is 0.279 e. The predicted octanol–water partition coefficient (Wildman–Crippen LogP) is 1.89. The smallest absolute Gasteiger partial charge is 0.279 e. The highest BCUT2D eigenvalue weighted by Crippen LogP contribution is 2.19. The topological polar surface area (TPSA) is 95.1 Å². The van der Waals surface area contributed by atoms with Gasteiger partial charge in [-0.1, -0.05) is 23.7 Å². The molecule has 0 aliphatic heterocycles. The van der Waals surface area contributed by atoms with E-state index in [9.17, 15) is 14.7 Å². The Morgan fingerprint density at radius 3 is 2.52 bits per heavy atom. The summed E-state index contributed by atoms with van der Waals surface area (Å²) in [4.78, 5) is 30.6. The number of aliphatic hydroxyl groups is 1. The first-order valence-corrected chi connectivity index (χ1v) is 7.49. The molecule has 3 N–H and O–H groups in total. The molecule has 0 saturated carbocycles. The zero-order valence-corrected chi connectivity index (χ0v) is 13.8. The second-order valence-corrected chi connectivity index (χ2v) is 5.82. The molecule has 23 heavy (non-hydrogen) atoms. The van der Waals surface area contributed by atoms with Crippen LogP contribution in [0.4, 0.5) is 0 Å². The minimum absolute atomic E-state index is 0.219. The second-order valence-electron chi connectivity index (χ2n) is 5.38. The first-order chi connectivity index (χ1) is 10.8. The SMILES string of the molecule is Cc1nc(C(=O)NC(C)C(O)c2ccc(Cl)cc2)c(=O)[nH]c1C. The van der Waals surface area contributed by atoms with Gasteiger partial charge in [-0.3, -0.25) is 9.59 Å². The van der Waals surface area contributed by atoms with Crippen molar-refractivity contribution in [3.8, 4) is 0 Å². The van der Waals surface area contributed by atoms with Crippen LogP contribution in [0.5, 0.6) is 0 Å². The van der Waals surface area contributed by atoms with E-state index >= 15 is 0 Å². The first-order valence-electron chi connectivity index (χ1n) is 7.11. The zero-order valence-electron chi connectivity index (χ0n) is 13.1. The lowest BCUT2D eigenvalue weighted by atomic mass is 10.0. The molecule has 0 saturated heterocycles. The van der Waals surface area contributed by atoms with Crippen molar-refractivity contribution < 1.29 is 9.90 Å². The Kier molecular flexibility index (Phi) is 5.18. The first kappa shape index (κ1) is 17.2. The Bertz CT molecular complexity index is 771. The minimum atomic E-state index is -0.929. The molecule has 0 fully saturated rings. The summed E-state index contributed by atoms with van der Waals surface area (Å²) in [7, 11) is 0. The van der Waals surface area contributed by atoms with Crippen molar-refractivity contribution >= 4 is 17.5 Å². The number of benzene rings is 1.